The van der Waals surface area contributed by atoms with Gasteiger partial charge in [-0.3, -0.25) is 5.43 Å². The number of nitrogens with zero attached hydrogens (tertiary/aromatic N) is 6. The Morgan fingerprint density at radius 2 is 1.73 bits per heavy atom. The zero-order valence-electron chi connectivity index (χ0n) is 13.4. The molecule has 0 saturated heterocycles. The first-order valence-electron chi connectivity index (χ1n) is 6.91. The Bertz CT molecular complexity index is 545. The van der Waals surface area contributed by atoms with Crippen molar-refractivity contribution in [2.75, 3.05) is 44.6 Å². The number of hydrogen-bond acceptors (Lipinski definition) is 9. The molecule has 2 heterocycles. The van der Waals surface area contributed by atoms with Gasteiger partial charge in [0.15, 0.2) is 6.23 Å². The van der Waals surface area contributed by atoms with Gasteiger partial charge in [-0.05, 0) is 13.0 Å². The topological polar surface area (TPSA) is 88.0 Å². The standard InChI is InChI=1S/C13H21N7O2/c1-6-21-9-7-8-10(18-17-9)22-13-15-11(19(2)3)14-12(16-13)20(4)5/h7-9,17H,6H2,1-5H3/t9-/m0/s1. The normalized spacial score (nSPS) is 16.8. The van der Waals surface area contributed by atoms with Crippen LogP contribution in [0.15, 0.2) is 17.3 Å². The Kier molecular flexibility index (Phi) is 5.10. The van der Waals surface area contributed by atoms with Crippen LogP contribution in [-0.4, -0.2) is 61.9 Å². The van der Waals surface area contributed by atoms with E-state index in [1.165, 1.54) is 0 Å². The quantitative estimate of drug-likeness (QED) is 0.826. The van der Waals surface area contributed by atoms with Crippen molar-refractivity contribution in [1.29, 1.82) is 0 Å². The number of rotatable bonds is 5. The molecule has 9 nitrogen and oxygen atoms in total. The lowest BCUT2D eigenvalue weighted by Crippen LogP contribution is -2.31. The zero-order chi connectivity index (χ0) is 16.1. The molecule has 1 aromatic rings. The molecule has 1 N–H and O–H groups in total. The average Bonchev–Trinajstić information content (AvgIpc) is 2.49. The van der Waals surface area contributed by atoms with E-state index < -0.39 is 0 Å². The Balaban J connectivity index is 2.14. The molecule has 0 radical (unpaired) electrons. The van der Waals surface area contributed by atoms with Gasteiger partial charge in [0.1, 0.15) is 0 Å². The summed E-state index contributed by atoms with van der Waals surface area (Å²) in [5.41, 5.74) is 2.83. The van der Waals surface area contributed by atoms with Gasteiger partial charge >= 0.3 is 6.01 Å². The van der Waals surface area contributed by atoms with Crippen LogP contribution in [-0.2, 0) is 4.74 Å². The Morgan fingerprint density at radius 3 is 2.18 bits per heavy atom. The number of hydrazone groups is 1. The van der Waals surface area contributed by atoms with Crippen LogP contribution in [0.3, 0.4) is 0 Å². The van der Waals surface area contributed by atoms with Gasteiger partial charge in [0.05, 0.1) is 0 Å². The first-order valence-corrected chi connectivity index (χ1v) is 6.91. The van der Waals surface area contributed by atoms with E-state index in [4.69, 9.17) is 9.47 Å². The molecular formula is C13H21N7O2. The van der Waals surface area contributed by atoms with Gasteiger partial charge in [0.25, 0.3) is 0 Å². The summed E-state index contributed by atoms with van der Waals surface area (Å²) in [6.07, 6.45) is 3.28. The zero-order valence-corrected chi connectivity index (χ0v) is 13.4. The van der Waals surface area contributed by atoms with Crippen LogP contribution in [0.1, 0.15) is 6.92 Å². The predicted octanol–water partition coefficient (Wildman–Crippen LogP) is 0.218. The van der Waals surface area contributed by atoms with Gasteiger partial charge in [0, 0.05) is 40.9 Å². The van der Waals surface area contributed by atoms with Gasteiger partial charge in [-0.25, -0.2) is 0 Å². The molecule has 1 aliphatic rings. The Hall–Kier alpha value is -2.42. The smallest absolute Gasteiger partial charge is 0.330 e. The van der Waals surface area contributed by atoms with Crippen LogP contribution in [0.25, 0.3) is 0 Å². The molecule has 0 unspecified atom stereocenters. The first kappa shape index (κ1) is 16.0. The van der Waals surface area contributed by atoms with Crippen LogP contribution in [0.5, 0.6) is 6.01 Å². The molecule has 0 bridgehead atoms. The summed E-state index contributed by atoms with van der Waals surface area (Å²) in [6, 6.07) is 0.183. The molecule has 0 amide bonds. The first-order chi connectivity index (χ1) is 10.5. The molecule has 0 aromatic carbocycles. The largest absolute Gasteiger partial charge is 0.404 e. The van der Waals surface area contributed by atoms with E-state index in [0.717, 1.165) is 0 Å². The van der Waals surface area contributed by atoms with Crippen molar-refractivity contribution >= 4 is 17.8 Å². The fourth-order valence-corrected chi connectivity index (χ4v) is 1.58. The van der Waals surface area contributed by atoms with Crippen LogP contribution < -0.4 is 20.0 Å². The van der Waals surface area contributed by atoms with Crippen LogP contribution in [0.2, 0.25) is 0 Å². The minimum atomic E-state index is -0.245. The second-order valence-electron chi connectivity index (χ2n) is 4.92. The summed E-state index contributed by atoms with van der Waals surface area (Å²) in [5, 5.41) is 4.08. The highest BCUT2D eigenvalue weighted by Crippen LogP contribution is 2.15. The summed E-state index contributed by atoms with van der Waals surface area (Å²) in [7, 11) is 7.41. The number of hydrogen-bond donors (Lipinski definition) is 1. The molecule has 1 aliphatic heterocycles. The third-order valence-electron chi connectivity index (χ3n) is 2.65. The molecule has 120 valence electrons. The van der Waals surface area contributed by atoms with E-state index in [0.29, 0.717) is 24.4 Å². The van der Waals surface area contributed by atoms with E-state index in [2.05, 4.69) is 25.5 Å². The van der Waals surface area contributed by atoms with Crippen LogP contribution in [0, 0.1) is 0 Å². The predicted molar refractivity (Wildman–Crippen MR) is 84.2 cm³/mol. The van der Waals surface area contributed by atoms with E-state index in [1.54, 1.807) is 15.9 Å². The lowest BCUT2D eigenvalue weighted by atomic mass is 10.4. The molecular weight excluding hydrogens is 286 g/mol. The highest BCUT2D eigenvalue weighted by molar-refractivity contribution is 5.89. The van der Waals surface area contributed by atoms with Crippen molar-refractivity contribution in [2.45, 2.75) is 13.2 Å². The second kappa shape index (κ2) is 7.03. The molecule has 0 spiro atoms. The summed E-state index contributed by atoms with van der Waals surface area (Å²) < 4.78 is 11.0. The van der Waals surface area contributed by atoms with Gasteiger partial charge in [-0.15, -0.1) is 5.10 Å². The average molecular weight is 307 g/mol. The van der Waals surface area contributed by atoms with Crippen molar-refractivity contribution in [2.24, 2.45) is 5.10 Å². The van der Waals surface area contributed by atoms with Crippen molar-refractivity contribution in [3.8, 4) is 6.01 Å². The van der Waals surface area contributed by atoms with Gasteiger partial charge < -0.3 is 19.3 Å². The maximum atomic E-state index is 5.59. The van der Waals surface area contributed by atoms with Gasteiger partial charge in [-0.2, -0.15) is 15.0 Å². The Morgan fingerprint density at radius 1 is 1.09 bits per heavy atom. The third-order valence-corrected chi connectivity index (χ3v) is 2.65. The summed E-state index contributed by atoms with van der Waals surface area (Å²) in [5.74, 6) is 1.38. The van der Waals surface area contributed by atoms with Crippen molar-refractivity contribution in [3.63, 3.8) is 0 Å². The van der Waals surface area contributed by atoms with Gasteiger partial charge in [0.2, 0.25) is 17.8 Å². The van der Waals surface area contributed by atoms with Gasteiger partial charge in [-0.1, -0.05) is 0 Å². The molecule has 1 aromatic heterocycles. The van der Waals surface area contributed by atoms with E-state index in [9.17, 15) is 0 Å². The highest BCUT2D eigenvalue weighted by Gasteiger charge is 2.14. The number of nitrogens with one attached hydrogen (secondary N) is 1. The number of anilines is 2. The van der Waals surface area contributed by atoms with Crippen LogP contribution in [0.4, 0.5) is 11.9 Å². The minimum absolute atomic E-state index is 0.183. The fraction of sp³-hybridized carbons (Fsp3) is 0.538. The SMILES string of the molecule is CCO[C@H]1C=CC(Oc2nc(N(C)C)nc(N(C)C)n2)=NN1. The van der Waals surface area contributed by atoms with E-state index in [1.807, 2.05) is 41.2 Å². The monoisotopic (exact) mass is 307 g/mol. The summed E-state index contributed by atoms with van der Waals surface area (Å²) >= 11 is 0. The second-order valence-corrected chi connectivity index (χ2v) is 4.92. The summed E-state index contributed by atoms with van der Waals surface area (Å²) in [6.45, 7) is 2.52. The molecule has 2 rings (SSSR count). The summed E-state index contributed by atoms with van der Waals surface area (Å²) in [4.78, 5) is 16.4. The highest BCUT2D eigenvalue weighted by atomic mass is 16.5. The lowest BCUT2D eigenvalue weighted by Gasteiger charge is -2.18. The van der Waals surface area contributed by atoms with Crippen molar-refractivity contribution in [3.05, 3.63) is 12.2 Å². The molecule has 0 saturated carbocycles. The maximum absolute atomic E-state index is 5.59. The van der Waals surface area contributed by atoms with Crippen molar-refractivity contribution < 1.29 is 9.47 Å². The maximum Gasteiger partial charge on any atom is 0.330 e. The van der Waals surface area contributed by atoms with E-state index in [-0.39, 0.29) is 12.2 Å². The minimum Gasteiger partial charge on any atom is -0.404 e. The molecule has 9 heteroatoms. The third kappa shape index (κ3) is 4.04. The molecule has 1 atom stereocenters. The fourth-order valence-electron chi connectivity index (χ4n) is 1.58. The van der Waals surface area contributed by atoms with Crippen molar-refractivity contribution in [1.82, 2.24) is 20.4 Å². The number of aromatic nitrogens is 3. The molecule has 0 aliphatic carbocycles. The van der Waals surface area contributed by atoms with E-state index >= 15 is 0 Å². The molecule has 0 fully saturated rings. The number of ether oxygens (including phenoxy) is 2. The molecule has 22 heavy (non-hydrogen) atoms. The lowest BCUT2D eigenvalue weighted by molar-refractivity contribution is 0.0715. The Labute approximate surface area is 129 Å². The van der Waals surface area contributed by atoms with Crippen LogP contribution >= 0.6 is 0 Å².